The topological polar surface area (TPSA) is 88.8 Å². The number of aromatic amines is 1. The molecule has 0 bridgehead atoms. The van der Waals surface area contributed by atoms with Crippen LogP contribution in [0.1, 0.15) is 5.56 Å². The van der Waals surface area contributed by atoms with E-state index in [-0.39, 0.29) is 19.0 Å². The molecule has 17 heavy (non-hydrogen) atoms. The lowest BCUT2D eigenvalue weighted by atomic mass is 10.2. The van der Waals surface area contributed by atoms with Crippen LogP contribution in [0.15, 0.2) is 29.3 Å². The van der Waals surface area contributed by atoms with E-state index in [0.717, 1.165) is 10.9 Å². The Kier molecular flexibility index (Phi) is 3.41. The van der Waals surface area contributed by atoms with Crippen molar-refractivity contribution in [2.24, 2.45) is 4.99 Å². The summed E-state index contributed by atoms with van der Waals surface area (Å²) in [5, 5.41) is 28.3. The molecule has 1 aromatic heterocycles. The van der Waals surface area contributed by atoms with Gasteiger partial charge in [-0.1, -0.05) is 18.2 Å². The second-order valence-electron chi connectivity index (χ2n) is 3.76. The molecule has 0 spiro atoms. The summed E-state index contributed by atoms with van der Waals surface area (Å²) in [6.07, 6.45) is 0.631. The summed E-state index contributed by atoms with van der Waals surface area (Å²) in [6.45, 7) is -0.216. The monoisotopic (exact) mass is 234 g/mol. The molecule has 1 atom stereocenters. The fourth-order valence-corrected chi connectivity index (χ4v) is 1.60. The first-order valence-corrected chi connectivity index (χ1v) is 5.30. The third-order valence-electron chi connectivity index (χ3n) is 2.47. The van der Waals surface area contributed by atoms with Gasteiger partial charge >= 0.3 is 0 Å². The maximum Gasteiger partial charge on any atom is 0.198 e. The van der Waals surface area contributed by atoms with Crippen molar-refractivity contribution in [3.63, 3.8) is 0 Å². The van der Waals surface area contributed by atoms with Crippen LogP contribution in [0.5, 0.6) is 5.88 Å². The van der Waals surface area contributed by atoms with E-state index in [0.29, 0.717) is 5.56 Å². The summed E-state index contributed by atoms with van der Waals surface area (Å²) >= 11 is 0. The molecule has 90 valence electrons. The number of hydrogen-bond donors (Lipinski definition) is 4. The number of aliphatic hydroxyl groups is 2. The maximum atomic E-state index is 9.70. The zero-order chi connectivity index (χ0) is 12.3. The molecule has 1 aromatic carbocycles. The van der Waals surface area contributed by atoms with Gasteiger partial charge in [0.1, 0.15) is 0 Å². The number of para-hydroxylation sites is 1. The van der Waals surface area contributed by atoms with Crippen molar-refractivity contribution in [3.8, 4) is 5.88 Å². The molecule has 1 heterocycles. The second-order valence-corrected chi connectivity index (χ2v) is 3.76. The van der Waals surface area contributed by atoms with E-state index in [2.05, 4.69) is 9.98 Å². The van der Waals surface area contributed by atoms with Gasteiger partial charge in [0.2, 0.25) is 0 Å². The predicted octanol–water partition coefficient (Wildman–Crippen LogP) is 0.646. The van der Waals surface area contributed by atoms with Gasteiger partial charge in [-0.2, -0.15) is 0 Å². The number of aromatic nitrogens is 1. The van der Waals surface area contributed by atoms with E-state index < -0.39 is 6.10 Å². The first-order valence-electron chi connectivity index (χ1n) is 5.30. The molecule has 1 unspecified atom stereocenters. The first kappa shape index (κ1) is 11.6. The van der Waals surface area contributed by atoms with Crippen molar-refractivity contribution in [3.05, 3.63) is 29.8 Å². The Balaban J connectivity index is 2.26. The highest BCUT2D eigenvalue weighted by Gasteiger charge is 2.07. The van der Waals surface area contributed by atoms with Gasteiger partial charge in [-0.15, -0.1) is 0 Å². The van der Waals surface area contributed by atoms with E-state index >= 15 is 0 Å². The molecule has 0 amide bonds. The van der Waals surface area contributed by atoms with Gasteiger partial charge in [0.25, 0.3) is 0 Å². The Hall–Kier alpha value is -1.85. The van der Waals surface area contributed by atoms with E-state index in [4.69, 9.17) is 10.2 Å². The Morgan fingerprint density at radius 2 is 2.12 bits per heavy atom. The highest BCUT2D eigenvalue weighted by Crippen LogP contribution is 2.24. The Labute approximate surface area is 98.1 Å². The van der Waals surface area contributed by atoms with Crippen molar-refractivity contribution in [1.82, 2.24) is 4.98 Å². The van der Waals surface area contributed by atoms with E-state index in [1.165, 1.54) is 6.21 Å². The number of aliphatic hydroxyl groups excluding tert-OH is 2. The van der Waals surface area contributed by atoms with Crippen molar-refractivity contribution in [1.29, 1.82) is 0 Å². The van der Waals surface area contributed by atoms with Crippen molar-refractivity contribution in [2.45, 2.75) is 6.10 Å². The molecule has 2 aromatic rings. The summed E-state index contributed by atoms with van der Waals surface area (Å²) in [7, 11) is 0. The van der Waals surface area contributed by atoms with Crippen LogP contribution in [0.4, 0.5) is 0 Å². The number of aliphatic imine (C=N–C) groups is 1. The Morgan fingerprint density at radius 1 is 1.35 bits per heavy atom. The summed E-state index contributed by atoms with van der Waals surface area (Å²) in [6, 6.07) is 7.47. The SMILES string of the molecule is OCC(O)CN=Cc1c(O)[nH]c2ccccc12. The number of fused-ring (bicyclic) bond motifs is 1. The van der Waals surface area contributed by atoms with Crippen LogP contribution >= 0.6 is 0 Å². The number of nitrogens with zero attached hydrogens (tertiary/aromatic N) is 1. The highest BCUT2D eigenvalue weighted by molar-refractivity contribution is 6.01. The smallest absolute Gasteiger partial charge is 0.198 e. The molecular formula is C12H14N2O3. The molecule has 0 radical (unpaired) electrons. The van der Waals surface area contributed by atoms with Gasteiger partial charge < -0.3 is 20.3 Å². The van der Waals surface area contributed by atoms with E-state index in [1.807, 2.05) is 24.3 Å². The summed E-state index contributed by atoms with van der Waals surface area (Å²) in [5.41, 5.74) is 1.42. The van der Waals surface area contributed by atoms with Gasteiger partial charge in [-0.25, -0.2) is 0 Å². The average Bonchev–Trinajstić information content (AvgIpc) is 2.66. The van der Waals surface area contributed by atoms with Gasteiger partial charge in [-0.3, -0.25) is 4.99 Å². The summed E-state index contributed by atoms with van der Waals surface area (Å²) < 4.78 is 0. The minimum atomic E-state index is -0.862. The second kappa shape index (κ2) is 4.99. The molecule has 0 aliphatic heterocycles. The zero-order valence-corrected chi connectivity index (χ0v) is 9.17. The zero-order valence-electron chi connectivity index (χ0n) is 9.17. The third kappa shape index (κ3) is 2.46. The number of aromatic hydroxyl groups is 1. The van der Waals surface area contributed by atoms with Crippen LogP contribution in [0.2, 0.25) is 0 Å². The third-order valence-corrected chi connectivity index (χ3v) is 2.47. The van der Waals surface area contributed by atoms with Crippen LogP contribution < -0.4 is 0 Å². The molecule has 5 nitrogen and oxygen atoms in total. The number of H-pyrrole nitrogens is 1. The van der Waals surface area contributed by atoms with Crippen molar-refractivity contribution in [2.75, 3.05) is 13.2 Å². The molecule has 0 aliphatic carbocycles. The number of benzene rings is 1. The lowest BCUT2D eigenvalue weighted by Crippen LogP contribution is -2.15. The van der Waals surface area contributed by atoms with Crippen LogP contribution in [-0.2, 0) is 0 Å². The fraction of sp³-hybridized carbons (Fsp3) is 0.250. The molecule has 0 saturated carbocycles. The minimum Gasteiger partial charge on any atom is -0.494 e. The van der Waals surface area contributed by atoms with E-state index in [1.54, 1.807) is 0 Å². The Bertz CT molecular complexity index is 534. The van der Waals surface area contributed by atoms with E-state index in [9.17, 15) is 5.11 Å². The standard InChI is InChI=1S/C12H14N2O3/c15-7-8(16)5-13-6-10-9-3-1-2-4-11(9)14-12(10)17/h1-4,6,8,14-17H,5,7H2. The number of nitrogens with one attached hydrogen (secondary N) is 1. The van der Waals surface area contributed by atoms with Gasteiger partial charge in [0, 0.05) is 17.1 Å². The quantitative estimate of drug-likeness (QED) is 0.585. The maximum absolute atomic E-state index is 9.70. The number of hydrogen-bond acceptors (Lipinski definition) is 4. The van der Waals surface area contributed by atoms with Crippen LogP contribution in [0.25, 0.3) is 10.9 Å². The highest BCUT2D eigenvalue weighted by atomic mass is 16.3. The number of rotatable bonds is 4. The first-order chi connectivity index (χ1) is 8.22. The molecule has 0 aliphatic rings. The van der Waals surface area contributed by atoms with Gasteiger partial charge in [0.05, 0.1) is 24.8 Å². The largest absolute Gasteiger partial charge is 0.494 e. The average molecular weight is 234 g/mol. The molecule has 2 rings (SSSR count). The predicted molar refractivity (Wildman–Crippen MR) is 65.5 cm³/mol. The summed E-state index contributed by atoms with van der Waals surface area (Å²) in [5.74, 6) is 0.0495. The molecule has 0 fully saturated rings. The van der Waals surface area contributed by atoms with Crippen LogP contribution in [0.3, 0.4) is 0 Å². The fourth-order valence-electron chi connectivity index (χ4n) is 1.60. The normalized spacial score (nSPS) is 13.5. The van der Waals surface area contributed by atoms with Crippen molar-refractivity contribution < 1.29 is 15.3 Å². The molecule has 0 saturated heterocycles. The van der Waals surface area contributed by atoms with Crippen LogP contribution in [0, 0.1) is 0 Å². The van der Waals surface area contributed by atoms with Gasteiger partial charge in [0.15, 0.2) is 5.88 Å². The lowest BCUT2D eigenvalue weighted by molar-refractivity contribution is 0.102. The summed E-state index contributed by atoms with van der Waals surface area (Å²) in [4.78, 5) is 6.81. The van der Waals surface area contributed by atoms with Crippen molar-refractivity contribution >= 4 is 17.1 Å². The molecule has 4 N–H and O–H groups in total. The minimum absolute atomic E-state index is 0.0495. The van der Waals surface area contributed by atoms with Gasteiger partial charge in [-0.05, 0) is 6.07 Å². The molecule has 5 heteroatoms. The molecular weight excluding hydrogens is 220 g/mol. The lowest BCUT2D eigenvalue weighted by Gasteiger charge is -2.00. The van der Waals surface area contributed by atoms with Crippen LogP contribution in [-0.4, -0.2) is 45.8 Å². The Morgan fingerprint density at radius 3 is 2.88 bits per heavy atom.